The van der Waals surface area contributed by atoms with Gasteiger partial charge in [0.1, 0.15) is 5.92 Å². The number of nitrogens with one attached hydrogen (secondary N) is 1. The molecule has 2 aromatic carbocycles. The van der Waals surface area contributed by atoms with Crippen molar-refractivity contribution < 1.29 is 14.3 Å². The van der Waals surface area contributed by atoms with E-state index in [0.717, 1.165) is 40.8 Å². The molecular formula is C26H27NO3. The van der Waals surface area contributed by atoms with Gasteiger partial charge in [0.2, 0.25) is 0 Å². The average Bonchev–Trinajstić information content (AvgIpc) is 2.74. The molecule has 2 aliphatic rings. The highest BCUT2D eigenvalue weighted by atomic mass is 16.5. The van der Waals surface area contributed by atoms with Crippen molar-refractivity contribution in [2.45, 2.75) is 38.5 Å². The van der Waals surface area contributed by atoms with Gasteiger partial charge in [-0.2, -0.15) is 0 Å². The van der Waals surface area contributed by atoms with Crippen molar-refractivity contribution >= 4 is 11.8 Å². The highest BCUT2D eigenvalue weighted by Gasteiger charge is 2.43. The first-order valence-electron chi connectivity index (χ1n) is 10.5. The van der Waals surface area contributed by atoms with Gasteiger partial charge in [-0.25, -0.2) is 0 Å². The fraction of sp³-hybridized carbons (Fsp3) is 0.308. The van der Waals surface area contributed by atoms with E-state index in [0.29, 0.717) is 25.1 Å². The molecule has 2 atom stereocenters. The van der Waals surface area contributed by atoms with Gasteiger partial charge in [-0.15, -0.1) is 0 Å². The Hall–Kier alpha value is -3.14. The zero-order chi connectivity index (χ0) is 21.1. The van der Waals surface area contributed by atoms with Gasteiger partial charge < -0.3 is 10.1 Å². The van der Waals surface area contributed by atoms with E-state index < -0.39 is 5.92 Å². The maximum Gasteiger partial charge on any atom is 0.315 e. The smallest absolute Gasteiger partial charge is 0.315 e. The Balaban J connectivity index is 1.61. The number of aryl methyl sites for hydroxylation is 1. The summed E-state index contributed by atoms with van der Waals surface area (Å²) in [7, 11) is 0. The number of carbonyl (C=O) groups is 2. The van der Waals surface area contributed by atoms with Crippen LogP contribution in [0.1, 0.15) is 41.9 Å². The molecule has 4 nitrogen and oxygen atoms in total. The summed E-state index contributed by atoms with van der Waals surface area (Å²) < 4.78 is 5.67. The molecule has 0 saturated heterocycles. The number of ketones is 1. The minimum absolute atomic E-state index is 0.115. The van der Waals surface area contributed by atoms with Crippen molar-refractivity contribution in [3.05, 3.63) is 94.8 Å². The van der Waals surface area contributed by atoms with Gasteiger partial charge in [0, 0.05) is 35.7 Å². The van der Waals surface area contributed by atoms with Crippen LogP contribution in [-0.2, 0) is 20.7 Å². The molecule has 1 aliphatic carbocycles. The summed E-state index contributed by atoms with van der Waals surface area (Å²) in [5, 5.41) is 3.26. The van der Waals surface area contributed by atoms with Gasteiger partial charge in [-0.05, 0) is 30.9 Å². The van der Waals surface area contributed by atoms with Crippen molar-refractivity contribution in [3.63, 3.8) is 0 Å². The van der Waals surface area contributed by atoms with Crippen LogP contribution in [0.25, 0.3) is 0 Å². The molecule has 1 aliphatic heterocycles. The van der Waals surface area contributed by atoms with Gasteiger partial charge in [0.05, 0.1) is 6.61 Å². The van der Waals surface area contributed by atoms with Gasteiger partial charge in [0.25, 0.3) is 0 Å². The number of Topliss-reactive ketones (excluding diaryl/α,β-unsaturated/α-hetero) is 1. The van der Waals surface area contributed by atoms with Gasteiger partial charge in [-0.3, -0.25) is 9.59 Å². The fourth-order valence-electron chi connectivity index (χ4n) is 4.41. The molecule has 0 bridgehead atoms. The molecule has 30 heavy (non-hydrogen) atoms. The number of ether oxygens (including phenoxy) is 1. The standard InChI is InChI=1S/C26H27NO3/c1-17-11-13-20(14-12-17)24-23(18(2)27-21-9-6-10-22(28)25(21)24)26(29)30-16-15-19-7-4-3-5-8-19/h3-5,7-8,11-14,23-24,27H,2,6,9-10,15-16H2,1H3. The second kappa shape index (κ2) is 8.70. The Morgan fingerprint density at radius 1 is 1.10 bits per heavy atom. The molecule has 4 rings (SSSR count). The van der Waals surface area contributed by atoms with Crippen LogP contribution < -0.4 is 5.32 Å². The second-order valence-corrected chi connectivity index (χ2v) is 8.09. The quantitative estimate of drug-likeness (QED) is 0.744. The monoisotopic (exact) mass is 401 g/mol. The van der Waals surface area contributed by atoms with Gasteiger partial charge in [0.15, 0.2) is 5.78 Å². The molecule has 2 unspecified atom stereocenters. The predicted molar refractivity (Wildman–Crippen MR) is 117 cm³/mol. The van der Waals surface area contributed by atoms with Crippen LogP contribution >= 0.6 is 0 Å². The Morgan fingerprint density at radius 2 is 1.83 bits per heavy atom. The maximum atomic E-state index is 13.2. The first kappa shape index (κ1) is 20.1. The number of allylic oxidation sites excluding steroid dienone is 2. The number of benzene rings is 2. The van der Waals surface area contributed by atoms with E-state index >= 15 is 0 Å². The molecule has 0 radical (unpaired) electrons. The Kier molecular flexibility index (Phi) is 5.84. The zero-order valence-corrected chi connectivity index (χ0v) is 17.3. The van der Waals surface area contributed by atoms with Crippen molar-refractivity contribution in [1.82, 2.24) is 5.32 Å². The minimum Gasteiger partial charge on any atom is -0.465 e. The summed E-state index contributed by atoms with van der Waals surface area (Å²) >= 11 is 0. The molecule has 1 N–H and O–H groups in total. The number of hydrogen-bond acceptors (Lipinski definition) is 4. The lowest BCUT2D eigenvalue weighted by Gasteiger charge is -2.38. The van der Waals surface area contributed by atoms with Gasteiger partial charge in [-0.1, -0.05) is 66.7 Å². The first-order chi connectivity index (χ1) is 14.5. The third-order valence-corrected chi connectivity index (χ3v) is 5.96. The van der Waals surface area contributed by atoms with E-state index in [2.05, 4.69) is 11.9 Å². The molecular weight excluding hydrogens is 374 g/mol. The van der Waals surface area contributed by atoms with E-state index in [9.17, 15) is 9.59 Å². The van der Waals surface area contributed by atoms with Crippen molar-refractivity contribution in [2.24, 2.45) is 5.92 Å². The number of esters is 1. The topological polar surface area (TPSA) is 55.4 Å². The summed E-state index contributed by atoms with van der Waals surface area (Å²) in [6, 6.07) is 18.0. The molecule has 0 spiro atoms. The Morgan fingerprint density at radius 3 is 2.57 bits per heavy atom. The van der Waals surface area contributed by atoms with Crippen LogP contribution in [0.5, 0.6) is 0 Å². The summed E-state index contributed by atoms with van der Waals surface area (Å²) in [4.78, 5) is 26.0. The molecule has 2 aromatic rings. The van der Waals surface area contributed by atoms with Gasteiger partial charge >= 0.3 is 5.97 Å². The highest BCUT2D eigenvalue weighted by Crippen LogP contribution is 2.44. The fourth-order valence-corrected chi connectivity index (χ4v) is 4.41. The average molecular weight is 402 g/mol. The molecule has 1 heterocycles. The molecule has 154 valence electrons. The third-order valence-electron chi connectivity index (χ3n) is 5.96. The van der Waals surface area contributed by atoms with Crippen LogP contribution in [0.2, 0.25) is 0 Å². The highest BCUT2D eigenvalue weighted by molar-refractivity contribution is 6.00. The van der Waals surface area contributed by atoms with E-state index in [1.54, 1.807) is 0 Å². The van der Waals surface area contributed by atoms with E-state index in [-0.39, 0.29) is 17.7 Å². The molecule has 0 amide bonds. The van der Waals surface area contributed by atoms with Crippen molar-refractivity contribution in [1.29, 1.82) is 0 Å². The normalized spacial score (nSPS) is 21.1. The van der Waals surface area contributed by atoms with Crippen molar-refractivity contribution in [2.75, 3.05) is 6.61 Å². The number of rotatable bonds is 5. The number of hydrogen-bond donors (Lipinski definition) is 1. The molecule has 0 fully saturated rings. The predicted octanol–water partition coefficient (Wildman–Crippen LogP) is 4.60. The second-order valence-electron chi connectivity index (χ2n) is 8.09. The molecule has 4 heteroatoms. The Labute approximate surface area is 177 Å². The van der Waals surface area contributed by atoms with Crippen LogP contribution in [-0.4, -0.2) is 18.4 Å². The van der Waals surface area contributed by atoms with Crippen LogP contribution in [0.3, 0.4) is 0 Å². The first-order valence-corrected chi connectivity index (χ1v) is 10.5. The lowest BCUT2D eigenvalue weighted by Crippen LogP contribution is -2.41. The lowest BCUT2D eigenvalue weighted by molar-refractivity contribution is -0.147. The largest absolute Gasteiger partial charge is 0.465 e. The summed E-state index contributed by atoms with van der Waals surface area (Å²) in [6.07, 6.45) is 2.80. The third kappa shape index (κ3) is 4.09. The number of carbonyl (C=O) groups excluding carboxylic acids is 2. The van der Waals surface area contributed by atoms with E-state index in [1.165, 1.54) is 0 Å². The zero-order valence-electron chi connectivity index (χ0n) is 17.3. The molecule has 0 aromatic heterocycles. The van der Waals surface area contributed by atoms with E-state index in [1.807, 2.05) is 61.5 Å². The minimum atomic E-state index is -0.621. The summed E-state index contributed by atoms with van der Waals surface area (Å²) in [5.41, 5.74) is 5.46. The van der Waals surface area contributed by atoms with E-state index in [4.69, 9.17) is 4.74 Å². The lowest BCUT2D eigenvalue weighted by atomic mass is 9.71. The maximum absolute atomic E-state index is 13.2. The van der Waals surface area contributed by atoms with Crippen LogP contribution in [0, 0.1) is 12.8 Å². The molecule has 0 saturated carbocycles. The van der Waals surface area contributed by atoms with Crippen LogP contribution in [0.15, 0.2) is 78.1 Å². The van der Waals surface area contributed by atoms with Crippen molar-refractivity contribution in [3.8, 4) is 0 Å². The summed E-state index contributed by atoms with van der Waals surface area (Å²) in [6.45, 7) is 6.46. The SMILES string of the molecule is C=C1NC2=C(C(=O)CCC2)C(c2ccc(C)cc2)C1C(=O)OCCc1ccccc1. The summed E-state index contributed by atoms with van der Waals surface area (Å²) in [5.74, 6) is -1.20. The Bertz CT molecular complexity index is 989. The van der Waals surface area contributed by atoms with Crippen LogP contribution in [0.4, 0.5) is 0 Å².